The average Bonchev–Trinajstić information content (AvgIpc) is 2.93. The second kappa shape index (κ2) is 5.58. The number of nitrogens with zero attached hydrogens (tertiary/aromatic N) is 2. The zero-order valence-electron chi connectivity index (χ0n) is 10.4. The molecule has 2 rings (SSSR count). The van der Waals surface area contributed by atoms with Crippen LogP contribution in [0.3, 0.4) is 0 Å². The lowest BCUT2D eigenvalue weighted by Gasteiger charge is -2.16. The van der Waals surface area contributed by atoms with E-state index in [0.29, 0.717) is 11.4 Å². The standard InChI is InChI=1S/C12H15IN2O2S/c1-7(2)15-11(9(17-3)5-14-15)12(16)8-4-10(13)18-6-8/h4-7,12,16H,1-3H3. The van der Waals surface area contributed by atoms with Crippen molar-refractivity contribution < 1.29 is 9.84 Å². The summed E-state index contributed by atoms with van der Waals surface area (Å²) in [5.41, 5.74) is 1.59. The zero-order chi connectivity index (χ0) is 13.3. The number of hydrogen-bond donors (Lipinski definition) is 1. The fraction of sp³-hybridized carbons (Fsp3) is 0.417. The van der Waals surface area contributed by atoms with Crippen molar-refractivity contribution in [1.29, 1.82) is 0 Å². The summed E-state index contributed by atoms with van der Waals surface area (Å²) in [7, 11) is 1.59. The largest absolute Gasteiger partial charge is 0.493 e. The third kappa shape index (κ3) is 2.55. The molecule has 0 aliphatic heterocycles. The second-order valence-corrected chi connectivity index (χ2v) is 7.03. The minimum atomic E-state index is -0.704. The maximum absolute atomic E-state index is 10.5. The lowest BCUT2D eigenvalue weighted by atomic mass is 10.1. The molecule has 0 amide bonds. The Balaban J connectivity index is 2.45. The molecule has 0 aromatic carbocycles. The van der Waals surface area contributed by atoms with Gasteiger partial charge in [0.05, 0.1) is 16.2 Å². The third-order valence-electron chi connectivity index (χ3n) is 2.67. The maximum Gasteiger partial charge on any atom is 0.163 e. The minimum absolute atomic E-state index is 0.177. The quantitative estimate of drug-likeness (QED) is 0.832. The highest BCUT2D eigenvalue weighted by Gasteiger charge is 2.23. The van der Waals surface area contributed by atoms with E-state index in [4.69, 9.17) is 4.74 Å². The Labute approximate surface area is 124 Å². The van der Waals surface area contributed by atoms with Gasteiger partial charge in [-0.25, -0.2) is 0 Å². The molecule has 0 saturated heterocycles. The summed E-state index contributed by atoms with van der Waals surface area (Å²) in [6, 6.07) is 2.16. The summed E-state index contributed by atoms with van der Waals surface area (Å²) in [5.74, 6) is 0.623. The summed E-state index contributed by atoms with van der Waals surface area (Å²) >= 11 is 3.86. The smallest absolute Gasteiger partial charge is 0.163 e. The van der Waals surface area contributed by atoms with Crippen molar-refractivity contribution in [2.45, 2.75) is 26.0 Å². The van der Waals surface area contributed by atoms with Crippen LogP contribution in [-0.4, -0.2) is 22.0 Å². The van der Waals surface area contributed by atoms with Gasteiger partial charge in [-0.3, -0.25) is 4.68 Å². The molecule has 6 heteroatoms. The first-order valence-electron chi connectivity index (χ1n) is 5.58. The molecule has 0 saturated carbocycles. The number of thiophene rings is 1. The molecule has 1 unspecified atom stereocenters. The van der Waals surface area contributed by atoms with Gasteiger partial charge >= 0.3 is 0 Å². The lowest BCUT2D eigenvalue weighted by Crippen LogP contribution is -2.12. The van der Waals surface area contributed by atoms with Gasteiger partial charge in [0, 0.05) is 6.04 Å². The number of aliphatic hydroxyl groups excluding tert-OH is 1. The molecular formula is C12H15IN2O2S. The molecule has 18 heavy (non-hydrogen) atoms. The molecule has 0 spiro atoms. The summed E-state index contributed by atoms with van der Waals surface area (Å²) in [6.07, 6.45) is 0.945. The van der Waals surface area contributed by atoms with Gasteiger partial charge in [-0.05, 0) is 53.4 Å². The summed E-state index contributed by atoms with van der Waals surface area (Å²) in [6.45, 7) is 4.06. The van der Waals surface area contributed by atoms with E-state index in [1.807, 2.05) is 25.3 Å². The van der Waals surface area contributed by atoms with E-state index in [0.717, 1.165) is 8.45 Å². The molecular weight excluding hydrogens is 363 g/mol. The van der Waals surface area contributed by atoms with Crippen molar-refractivity contribution in [2.24, 2.45) is 0 Å². The van der Waals surface area contributed by atoms with E-state index in [9.17, 15) is 5.11 Å². The third-order valence-corrected chi connectivity index (χ3v) is 4.48. The molecule has 0 radical (unpaired) electrons. The predicted molar refractivity (Wildman–Crippen MR) is 80.3 cm³/mol. The Morgan fingerprint density at radius 1 is 1.50 bits per heavy atom. The zero-order valence-corrected chi connectivity index (χ0v) is 13.4. The normalized spacial score (nSPS) is 13.0. The van der Waals surface area contributed by atoms with Crippen molar-refractivity contribution >= 4 is 33.9 Å². The van der Waals surface area contributed by atoms with Crippen LogP contribution in [-0.2, 0) is 0 Å². The highest BCUT2D eigenvalue weighted by Crippen LogP contribution is 2.33. The number of hydrogen-bond acceptors (Lipinski definition) is 4. The van der Waals surface area contributed by atoms with Crippen molar-refractivity contribution in [1.82, 2.24) is 9.78 Å². The molecule has 1 N–H and O–H groups in total. The van der Waals surface area contributed by atoms with Gasteiger partial charge < -0.3 is 9.84 Å². The molecule has 2 aromatic rings. The Hall–Kier alpha value is -0.600. The summed E-state index contributed by atoms with van der Waals surface area (Å²) < 4.78 is 8.23. The molecule has 4 nitrogen and oxygen atoms in total. The predicted octanol–water partition coefficient (Wildman–Crippen LogP) is 3.22. The first-order valence-corrected chi connectivity index (χ1v) is 7.53. The van der Waals surface area contributed by atoms with Crippen LogP contribution in [0.2, 0.25) is 0 Å². The number of ether oxygens (including phenoxy) is 1. The highest BCUT2D eigenvalue weighted by atomic mass is 127. The molecule has 2 heterocycles. The molecule has 0 fully saturated rings. The highest BCUT2D eigenvalue weighted by molar-refractivity contribution is 14.1. The first kappa shape index (κ1) is 13.8. The van der Waals surface area contributed by atoms with Gasteiger partial charge in [-0.1, -0.05) is 0 Å². The Bertz CT molecular complexity index is 536. The molecule has 0 bridgehead atoms. The number of aliphatic hydroxyl groups is 1. The van der Waals surface area contributed by atoms with Crippen molar-refractivity contribution in [2.75, 3.05) is 7.11 Å². The van der Waals surface area contributed by atoms with E-state index >= 15 is 0 Å². The molecule has 0 aliphatic carbocycles. The number of halogens is 1. The Kier molecular flexibility index (Phi) is 4.29. The van der Waals surface area contributed by atoms with E-state index in [1.165, 1.54) is 0 Å². The molecule has 98 valence electrons. The topological polar surface area (TPSA) is 47.3 Å². The van der Waals surface area contributed by atoms with Gasteiger partial charge in [-0.15, -0.1) is 11.3 Å². The maximum atomic E-state index is 10.5. The number of rotatable bonds is 4. The van der Waals surface area contributed by atoms with Gasteiger partial charge in [-0.2, -0.15) is 5.10 Å². The van der Waals surface area contributed by atoms with E-state index in [-0.39, 0.29) is 6.04 Å². The van der Waals surface area contributed by atoms with Crippen LogP contribution in [0, 0.1) is 2.88 Å². The average molecular weight is 378 g/mol. The van der Waals surface area contributed by atoms with E-state index in [2.05, 4.69) is 27.7 Å². The summed E-state index contributed by atoms with van der Waals surface area (Å²) in [5, 5.41) is 16.7. The SMILES string of the molecule is COc1cnn(C(C)C)c1C(O)c1csc(I)c1. The second-order valence-electron chi connectivity index (χ2n) is 4.22. The van der Waals surface area contributed by atoms with E-state index in [1.54, 1.807) is 29.3 Å². The molecule has 1 atom stereocenters. The van der Waals surface area contributed by atoms with Gasteiger partial charge in [0.1, 0.15) is 11.8 Å². The van der Waals surface area contributed by atoms with Crippen molar-refractivity contribution in [3.8, 4) is 5.75 Å². The van der Waals surface area contributed by atoms with Crippen LogP contribution in [0.1, 0.15) is 37.3 Å². The van der Waals surface area contributed by atoms with Gasteiger partial charge in [0.25, 0.3) is 0 Å². The van der Waals surface area contributed by atoms with Gasteiger partial charge in [0.2, 0.25) is 0 Å². The monoisotopic (exact) mass is 378 g/mol. The van der Waals surface area contributed by atoms with Crippen LogP contribution >= 0.6 is 33.9 Å². The Morgan fingerprint density at radius 3 is 2.72 bits per heavy atom. The number of aromatic nitrogens is 2. The minimum Gasteiger partial charge on any atom is -0.493 e. The van der Waals surface area contributed by atoms with Crippen LogP contribution in [0.5, 0.6) is 5.75 Å². The number of methoxy groups -OCH3 is 1. The van der Waals surface area contributed by atoms with Crippen LogP contribution in [0.15, 0.2) is 17.6 Å². The lowest BCUT2D eigenvalue weighted by molar-refractivity contribution is 0.200. The molecule has 0 aliphatic rings. The van der Waals surface area contributed by atoms with E-state index < -0.39 is 6.10 Å². The Morgan fingerprint density at radius 2 is 2.22 bits per heavy atom. The fourth-order valence-corrected chi connectivity index (χ4v) is 3.20. The van der Waals surface area contributed by atoms with Crippen LogP contribution in [0.25, 0.3) is 0 Å². The van der Waals surface area contributed by atoms with Gasteiger partial charge in [0.15, 0.2) is 5.75 Å². The summed E-state index contributed by atoms with van der Waals surface area (Å²) in [4.78, 5) is 0. The van der Waals surface area contributed by atoms with Crippen LogP contribution < -0.4 is 4.74 Å². The first-order chi connectivity index (χ1) is 8.54. The fourth-order valence-electron chi connectivity index (χ4n) is 1.81. The van der Waals surface area contributed by atoms with Crippen molar-refractivity contribution in [3.05, 3.63) is 31.8 Å². The molecule has 2 aromatic heterocycles. The van der Waals surface area contributed by atoms with Crippen LogP contribution in [0.4, 0.5) is 0 Å². The van der Waals surface area contributed by atoms with Crippen molar-refractivity contribution in [3.63, 3.8) is 0 Å².